The third kappa shape index (κ3) is 4.79. The van der Waals surface area contributed by atoms with Crippen molar-refractivity contribution in [1.82, 2.24) is 14.8 Å². The van der Waals surface area contributed by atoms with Gasteiger partial charge < -0.3 is 14.6 Å². The van der Waals surface area contributed by atoms with E-state index >= 15 is 0 Å². The molecule has 9 heteroatoms. The smallest absolute Gasteiger partial charge is 0.340 e. The summed E-state index contributed by atoms with van der Waals surface area (Å²) >= 11 is 2.64. The van der Waals surface area contributed by atoms with Crippen molar-refractivity contribution in [3.05, 3.63) is 58.2 Å². The predicted molar refractivity (Wildman–Crippen MR) is 110 cm³/mol. The second-order valence-corrected chi connectivity index (χ2v) is 8.25. The van der Waals surface area contributed by atoms with Crippen LogP contribution in [0.3, 0.4) is 0 Å². The van der Waals surface area contributed by atoms with Crippen LogP contribution in [0.4, 0.5) is 5.00 Å². The standard InChI is InChI=1S/C19H20N4O3S2/c1-12-9-14(18(25)26-3)17(28-12)20-16(24)11-27-19-22-21-15(23(19)2)10-13-7-5-4-6-8-13/h4-9H,10-11H2,1-3H3,(H,20,24). The molecule has 2 heterocycles. The topological polar surface area (TPSA) is 86.1 Å². The van der Waals surface area contributed by atoms with Gasteiger partial charge >= 0.3 is 5.97 Å². The largest absolute Gasteiger partial charge is 0.465 e. The minimum Gasteiger partial charge on any atom is -0.465 e. The number of aryl methyl sites for hydroxylation is 1. The summed E-state index contributed by atoms with van der Waals surface area (Å²) in [5.74, 6) is 0.307. The molecule has 3 aromatic rings. The van der Waals surface area contributed by atoms with Gasteiger partial charge in [0.05, 0.1) is 18.4 Å². The van der Waals surface area contributed by atoms with Crippen LogP contribution in [0.25, 0.3) is 0 Å². The summed E-state index contributed by atoms with van der Waals surface area (Å²) in [6.45, 7) is 1.87. The van der Waals surface area contributed by atoms with Crippen molar-refractivity contribution < 1.29 is 14.3 Å². The number of benzene rings is 1. The van der Waals surface area contributed by atoms with Crippen LogP contribution in [0.5, 0.6) is 0 Å². The number of methoxy groups -OCH3 is 1. The number of amides is 1. The van der Waals surface area contributed by atoms with E-state index in [2.05, 4.69) is 15.5 Å². The predicted octanol–water partition coefficient (Wildman–Crippen LogP) is 3.29. The molecule has 0 fully saturated rings. The molecule has 0 aliphatic carbocycles. The summed E-state index contributed by atoms with van der Waals surface area (Å²) in [5.41, 5.74) is 1.52. The number of nitrogens with zero attached hydrogens (tertiary/aromatic N) is 3. The van der Waals surface area contributed by atoms with E-state index < -0.39 is 5.97 Å². The van der Waals surface area contributed by atoms with Gasteiger partial charge in [-0.15, -0.1) is 21.5 Å². The molecule has 1 amide bonds. The number of anilines is 1. The maximum absolute atomic E-state index is 12.3. The minimum atomic E-state index is -0.467. The van der Waals surface area contributed by atoms with E-state index in [0.717, 1.165) is 16.3 Å². The highest BCUT2D eigenvalue weighted by molar-refractivity contribution is 7.99. The molecule has 28 heavy (non-hydrogen) atoms. The Morgan fingerprint density at radius 2 is 2.00 bits per heavy atom. The Hall–Kier alpha value is -2.65. The SMILES string of the molecule is COC(=O)c1cc(C)sc1NC(=O)CSc1nnc(Cc2ccccc2)n1C. The molecule has 0 bridgehead atoms. The first-order chi connectivity index (χ1) is 13.5. The number of esters is 1. The maximum Gasteiger partial charge on any atom is 0.340 e. The zero-order valence-electron chi connectivity index (χ0n) is 15.8. The van der Waals surface area contributed by atoms with Gasteiger partial charge in [-0.3, -0.25) is 4.79 Å². The number of rotatable bonds is 7. The third-order valence-corrected chi connectivity index (χ3v) is 5.96. The van der Waals surface area contributed by atoms with E-state index in [9.17, 15) is 9.59 Å². The summed E-state index contributed by atoms with van der Waals surface area (Å²) in [4.78, 5) is 25.1. The second-order valence-electron chi connectivity index (χ2n) is 6.05. The molecule has 7 nitrogen and oxygen atoms in total. The Balaban J connectivity index is 1.60. The summed E-state index contributed by atoms with van der Waals surface area (Å²) in [6.07, 6.45) is 0.675. The van der Waals surface area contributed by atoms with Gasteiger partial charge in [-0.1, -0.05) is 42.1 Å². The number of ether oxygens (including phenoxy) is 1. The minimum absolute atomic E-state index is 0.162. The highest BCUT2D eigenvalue weighted by Gasteiger charge is 2.18. The van der Waals surface area contributed by atoms with Crippen LogP contribution in [-0.2, 0) is 23.0 Å². The maximum atomic E-state index is 12.3. The average molecular weight is 417 g/mol. The molecule has 0 atom stereocenters. The van der Waals surface area contributed by atoms with Gasteiger partial charge in [-0.2, -0.15) is 0 Å². The highest BCUT2D eigenvalue weighted by atomic mass is 32.2. The number of hydrogen-bond donors (Lipinski definition) is 1. The molecule has 0 saturated heterocycles. The Morgan fingerprint density at radius 1 is 1.25 bits per heavy atom. The first-order valence-corrected chi connectivity index (χ1v) is 10.3. The van der Waals surface area contributed by atoms with Crippen molar-refractivity contribution in [3.63, 3.8) is 0 Å². The zero-order chi connectivity index (χ0) is 20.1. The lowest BCUT2D eigenvalue weighted by Gasteiger charge is -2.06. The van der Waals surface area contributed by atoms with Gasteiger partial charge in [0.15, 0.2) is 5.16 Å². The number of nitrogens with one attached hydrogen (secondary N) is 1. The first kappa shape index (κ1) is 20.1. The summed E-state index contributed by atoms with van der Waals surface area (Å²) in [5, 5.41) is 12.3. The van der Waals surface area contributed by atoms with E-state index in [-0.39, 0.29) is 11.7 Å². The molecule has 3 rings (SSSR count). The van der Waals surface area contributed by atoms with Gasteiger partial charge in [-0.25, -0.2) is 4.79 Å². The van der Waals surface area contributed by atoms with Crippen LogP contribution in [0.2, 0.25) is 0 Å². The molecular formula is C19H20N4O3S2. The van der Waals surface area contributed by atoms with Crippen LogP contribution in [0, 0.1) is 6.92 Å². The zero-order valence-corrected chi connectivity index (χ0v) is 17.4. The fourth-order valence-corrected chi connectivity index (χ4v) is 4.21. The number of thioether (sulfide) groups is 1. The van der Waals surface area contributed by atoms with Crippen molar-refractivity contribution in [3.8, 4) is 0 Å². The molecule has 2 aromatic heterocycles. The summed E-state index contributed by atoms with van der Waals surface area (Å²) in [7, 11) is 3.20. The van der Waals surface area contributed by atoms with E-state index in [4.69, 9.17) is 4.74 Å². The number of carbonyl (C=O) groups is 2. The fourth-order valence-electron chi connectivity index (χ4n) is 2.56. The first-order valence-electron chi connectivity index (χ1n) is 8.51. The summed E-state index contributed by atoms with van der Waals surface area (Å²) < 4.78 is 6.65. The monoisotopic (exact) mass is 416 g/mol. The highest BCUT2D eigenvalue weighted by Crippen LogP contribution is 2.28. The molecule has 146 valence electrons. The molecule has 1 aromatic carbocycles. The quantitative estimate of drug-likeness (QED) is 0.470. The van der Waals surface area contributed by atoms with Crippen LogP contribution >= 0.6 is 23.1 Å². The third-order valence-electron chi connectivity index (χ3n) is 3.98. The van der Waals surface area contributed by atoms with Gasteiger partial charge in [0, 0.05) is 18.3 Å². The lowest BCUT2D eigenvalue weighted by molar-refractivity contribution is -0.113. The van der Waals surface area contributed by atoms with Crippen LogP contribution in [0.15, 0.2) is 41.6 Å². The molecule has 1 N–H and O–H groups in total. The Morgan fingerprint density at radius 3 is 2.71 bits per heavy atom. The van der Waals surface area contributed by atoms with Gasteiger partial charge in [0.25, 0.3) is 0 Å². The molecule has 0 saturated carbocycles. The van der Waals surface area contributed by atoms with E-state index in [1.165, 1.54) is 30.2 Å². The number of carbonyl (C=O) groups excluding carboxylic acids is 2. The number of thiophene rings is 1. The Kier molecular flexibility index (Phi) is 6.48. The van der Waals surface area contributed by atoms with Crippen molar-refractivity contribution >= 4 is 40.0 Å². The van der Waals surface area contributed by atoms with E-state index in [1.807, 2.05) is 48.9 Å². The van der Waals surface area contributed by atoms with Crippen LogP contribution in [-0.4, -0.2) is 39.5 Å². The van der Waals surface area contributed by atoms with Crippen molar-refractivity contribution in [2.75, 3.05) is 18.2 Å². The van der Waals surface area contributed by atoms with Gasteiger partial charge in [0.1, 0.15) is 10.8 Å². The number of hydrogen-bond acceptors (Lipinski definition) is 7. The second kappa shape index (κ2) is 9.03. The Labute approximate surface area is 171 Å². The fraction of sp³-hybridized carbons (Fsp3) is 0.263. The number of aromatic nitrogens is 3. The lowest BCUT2D eigenvalue weighted by Crippen LogP contribution is -2.16. The van der Waals surface area contributed by atoms with Crippen molar-refractivity contribution in [1.29, 1.82) is 0 Å². The molecular weight excluding hydrogens is 396 g/mol. The average Bonchev–Trinajstić information content (AvgIpc) is 3.23. The molecule has 0 aliphatic rings. The lowest BCUT2D eigenvalue weighted by atomic mass is 10.1. The van der Waals surface area contributed by atoms with Crippen LogP contribution in [0.1, 0.15) is 26.6 Å². The van der Waals surface area contributed by atoms with Crippen molar-refractivity contribution in [2.45, 2.75) is 18.5 Å². The molecule has 0 unspecified atom stereocenters. The van der Waals surface area contributed by atoms with Crippen molar-refractivity contribution in [2.24, 2.45) is 7.05 Å². The van der Waals surface area contributed by atoms with E-state index in [0.29, 0.717) is 22.1 Å². The Bertz CT molecular complexity index is 982. The van der Waals surface area contributed by atoms with E-state index in [1.54, 1.807) is 6.07 Å². The molecule has 0 aliphatic heterocycles. The molecule has 0 radical (unpaired) electrons. The summed E-state index contributed by atoms with van der Waals surface area (Å²) in [6, 6.07) is 11.7. The normalized spacial score (nSPS) is 10.7. The van der Waals surface area contributed by atoms with Gasteiger partial charge in [0.2, 0.25) is 5.91 Å². The molecule has 0 spiro atoms. The van der Waals surface area contributed by atoms with Gasteiger partial charge in [-0.05, 0) is 18.6 Å². The van der Waals surface area contributed by atoms with Crippen LogP contribution < -0.4 is 5.32 Å².